The number of hydrogen-bond donors (Lipinski definition) is 0. The van der Waals surface area contributed by atoms with E-state index < -0.39 is 8.25 Å². The van der Waals surface area contributed by atoms with Crippen LogP contribution in [0.4, 0.5) is 0 Å². The maximum absolute atomic E-state index is 11.0. The van der Waals surface area contributed by atoms with E-state index >= 15 is 0 Å². The van der Waals surface area contributed by atoms with Gasteiger partial charge in [-0.15, -0.1) is 9.59 Å². The van der Waals surface area contributed by atoms with Crippen molar-refractivity contribution in [1.29, 1.82) is 0 Å². The van der Waals surface area contributed by atoms with Gasteiger partial charge in [0.15, 0.2) is 0 Å². The van der Waals surface area contributed by atoms with Crippen LogP contribution in [0, 0.1) is 0 Å². The predicted molar refractivity (Wildman–Crippen MR) is 77.7 cm³/mol. The highest BCUT2D eigenvalue weighted by Crippen LogP contribution is 2.24. The lowest BCUT2D eigenvalue weighted by molar-refractivity contribution is -0.0637. The number of hydroxylamine groups is 2. The van der Waals surface area contributed by atoms with Gasteiger partial charge in [0, 0.05) is 17.7 Å². The van der Waals surface area contributed by atoms with Crippen molar-refractivity contribution in [2.45, 2.75) is 66.2 Å². The van der Waals surface area contributed by atoms with E-state index in [2.05, 4.69) is 32.2 Å². The van der Waals surface area contributed by atoms with E-state index in [9.17, 15) is 4.57 Å². The Bertz CT molecular complexity index is 170. The van der Waals surface area contributed by atoms with Gasteiger partial charge in [0.05, 0.1) is 7.11 Å². The summed E-state index contributed by atoms with van der Waals surface area (Å²) in [7, 11) is -0.589. The molecule has 0 radical (unpaired) electrons. The first-order chi connectivity index (χ1) is 8.65. The molecule has 1 atom stereocenters. The van der Waals surface area contributed by atoms with Crippen LogP contribution in [0.3, 0.4) is 0 Å². The first kappa shape index (κ1) is 20.3. The summed E-state index contributed by atoms with van der Waals surface area (Å²) in [6, 6.07) is 0. The highest BCUT2D eigenvalue weighted by molar-refractivity contribution is 7.33. The molecule has 0 spiro atoms. The van der Waals surface area contributed by atoms with Gasteiger partial charge in [-0.2, -0.15) is 0 Å². The van der Waals surface area contributed by atoms with Crippen molar-refractivity contribution in [3.63, 3.8) is 0 Å². The molecule has 0 aliphatic heterocycles. The minimum absolute atomic E-state index is 0.820. The molecule has 18 heavy (non-hydrogen) atoms. The van der Waals surface area contributed by atoms with Crippen LogP contribution < -0.4 is 0 Å². The zero-order chi connectivity index (χ0) is 14.2. The Morgan fingerprint density at radius 3 is 1.61 bits per heavy atom. The molecule has 0 aliphatic rings. The molecule has 0 heterocycles. The molecule has 0 bridgehead atoms. The standard InChI is InChI=1S/C9H21NO3P.C4H10/c1-4-6-8-10(9-7-5-2)13-14(11)12-3;1-3-4-2/h4-9H2,1-3H3;3-4H2,1-2H3/q+1;. The summed E-state index contributed by atoms with van der Waals surface area (Å²) in [5, 5.41) is 1.75. The molecular formula is C13H31NO3P+. The fourth-order valence-corrected chi connectivity index (χ4v) is 1.41. The van der Waals surface area contributed by atoms with Gasteiger partial charge in [-0.05, 0) is 17.5 Å². The molecule has 5 heteroatoms. The van der Waals surface area contributed by atoms with E-state index in [1.165, 1.54) is 20.0 Å². The molecule has 4 nitrogen and oxygen atoms in total. The Morgan fingerprint density at radius 2 is 1.33 bits per heavy atom. The normalized spacial score (nSPS) is 11.1. The maximum Gasteiger partial charge on any atom is 0.716 e. The Morgan fingerprint density at radius 1 is 0.889 bits per heavy atom. The second-order valence-electron chi connectivity index (χ2n) is 4.12. The average molecular weight is 280 g/mol. The molecule has 0 N–H and O–H groups in total. The van der Waals surface area contributed by atoms with Gasteiger partial charge >= 0.3 is 8.25 Å². The van der Waals surface area contributed by atoms with Crippen LogP contribution in [0.1, 0.15) is 66.2 Å². The lowest BCUT2D eigenvalue weighted by Gasteiger charge is -2.12. The van der Waals surface area contributed by atoms with Crippen molar-refractivity contribution in [1.82, 2.24) is 5.06 Å². The number of hydrogen-bond acceptors (Lipinski definition) is 4. The van der Waals surface area contributed by atoms with E-state index in [1.807, 2.05) is 0 Å². The number of unbranched alkanes of at least 4 members (excludes halogenated alkanes) is 3. The van der Waals surface area contributed by atoms with Crippen LogP contribution in [0.15, 0.2) is 0 Å². The first-order valence-electron chi connectivity index (χ1n) is 7.10. The SMILES string of the molecule is CCCC.CCCCN(CCCC)O[P+](=O)OC. The molecule has 0 saturated heterocycles. The summed E-state index contributed by atoms with van der Waals surface area (Å²) in [5.74, 6) is 0. The second-order valence-corrected chi connectivity index (χ2v) is 5.10. The molecule has 110 valence electrons. The van der Waals surface area contributed by atoms with Crippen molar-refractivity contribution in [2.24, 2.45) is 0 Å². The van der Waals surface area contributed by atoms with E-state index in [-0.39, 0.29) is 0 Å². The first-order valence-corrected chi connectivity index (χ1v) is 8.19. The minimum Gasteiger partial charge on any atom is -0.136 e. The van der Waals surface area contributed by atoms with Gasteiger partial charge in [-0.3, -0.25) is 0 Å². The molecule has 0 amide bonds. The van der Waals surface area contributed by atoms with E-state index in [4.69, 9.17) is 4.62 Å². The third kappa shape index (κ3) is 16.0. The second kappa shape index (κ2) is 17.0. The fraction of sp³-hybridized carbons (Fsp3) is 1.00. The lowest BCUT2D eigenvalue weighted by atomic mass is 10.3. The topological polar surface area (TPSA) is 38.8 Å². The Kier molecular flexibility index (Phi) is 19.2. The molecule has 1 unspecified atom stereocenters. The van der Waals surface area contributed by atoms with Gasteiger partial charge in [0.1, 0.15) is 0 Å². The fourth-order valence-electron chi connectivity index (χ4n) is 0.990. The highest BCUT2D eigenvalue weighted by Gasteiger charge is 2.23. The van der Waals surface area contributed by atoms with Crippen molar-refractivity contribution in [3.8, 4) is 0 Å². The van der Waals surface area contributed by atoms with Crippen LogP contribution in [0.5, 0.6) is 0 Å². The van der Waals surface area contributed by atoms with Gasteiger partial charge < -0.3 is 0 Å². The monoisotopic (exact) mass is 280 g/mol. The van der Waals surface area contributed by atoms with Crippen molar-refractivity contribution >= 4 is 8.25 Å². The third-order valence-corrected chi connectivity index (χ3v) is 3.02. The molecule has 0 aromatic carbocycles. The van der Waals surface area contributed by atoms with E-state index in [0.717, 1.165) is 38.8 Å². The van der Waals surface area contributed by atoms with Crippen molar-refractivity contribution < 1.29 is 13.7 Å². The number of nitrogens with zero attached hydrogens (tertiary/aromatic N) is 1. The summed E-state index contributed by atoms with van der Waals surface area (Å²) in [4.78, 5) is 0. The quantitative estimate of drug-likeness (QED) is 0.420. The summed E-state index contributed by atoms with van der Waals surface area (Å²) < 4.78 is 20.7. The largest absolute Gasteiger partial charge is 0.716 e. The number of rotatable bonds is 10. The molecule has 0 aromatic rings. The van der Waals surface area contributed by atoms with Gasteiger partial charge in [0.2, 0.25) is 0 Å². The van der Waals surface area contributed by atoms with Crippen LogP contribution in [0.2, 0.25) is 0 Å². The van der Waals surface area contributed by atoms with E-state index in [0.29, 0.717) is 0 Å². The Hall–Kier alpha value is -0.0200. The summed E-state index contributed by atoms with van der Waals surface area (Å²) in [5.41, 5.74) is 0. The van der Waals surface area contributed by atoms with Gasteiger partial charge in [-0.25, -0.2) is 0 Å². The Balaban J connectivity index is 0. The van der Waals surface area contributed by atoms with Gasteiger partial charge in [-0.1, -0.05) is 53.4 Å². The highest BCUT2D eigenvalue weighted by atomic mass is 31.1. The van der Waals surface area contributed by atoms with Crippen LogP contribution in [-0.2, 0) is 13.7 Å². The predicted octanol–water partition coefficient (Wildman–Crippen LogP) is 4.93. The summed E-state index contributed by atoms with van der Waals surface area (Å²) in [6.45, 7) is 10.2. The lowest BCUT2D eigenvalue weighted by Crippen LogP contribution is -2.23. The molecule has 0 rings (SSSR count). The van der Waals surface area contributed by atoms with Gasteiger partial charge in [0.25, 0.3) is 0 Å². The molecule has 0 saturated carbocycles. The van der Waals surface area contributed by atoms with Crippen LogP contribution in [-0.4, -0.2) is 25.3 Å². The molecule has 0 fully saturated rings. The zero-order valence-electron chi connectivity index (χ0n) is 12.8. The molecule has 0 aromatic heterocycles. The third-order valence-electron chi connectivity index (χ3n) is 2.35. The average Bonchev–Trinajstić information content (AvgIpc) is 2.41. The maximum atomic E-state index is 11.0. The molecular weight excluding hydrogens is 249 g/mol. The van der Waals surface area contributed by atoms with Crippen LogP contribution >= 0.6 is 8.25 Å². The Labute approximate surface area is 114 Å². The summed E-state index contributed by atoms with van der Waals surface area (Å²) >= 11 is 0. The van der Waals surface area contributed by atoms with Crippen molar-refractivity contribution in [2.75, 3.05) is 20.2 Å². The van der Waals surface area contributed by atoms with E-state index in [1.54, 1.807) is 5.06 Å². The zero-order valence-corrected chi connectivity index (χ0v) is 13.7. The minimum atomic E-state index is -1.97. The van der Waals surface area contributed by atoms with Crippen LogP contribution in [0.25, 0.3) is 0 Å². The van der Waals surface area contributed by atoms with Crippen molar-refractivity contribution in [3.05, 3.63) is 0 Å². The smallest absolute Gasteiger partial charge is 0.136 e. The molecule has 0 aliphatic carbocycles. The summed E-state index contributed by atoms with van der Waals surface area (Å²) in [6.07, 6.45) is 6.96.